The summed E-state index contributed by atoms with van der Waals surface area (Å²) < 4.78 is 41.2. The average Bonchev–Trinajstić information content (AvgIpc) is 3.52. The Morgan fingerprint density at radius 1 is 1.09 bits per heavy atom. The summed E-state index contributed by atoms with van der Waals surface area (Å²) in [6.45, 7) is 10.5. The highest BCUT2D eigenvalue weighted by atomic mass is 16.7. The maximum atomic E-state index is 13.6. The van der Waals surface area contributed by atoms with Crippen molar-refractivity contribution >= 4 is 23.9 Å². The Labute approximate surface area is 251 Å². The number of rotatable bonds is 8. The van der Waals surface area contributed by atoms with Gasteiger partial charge in [-0.25, -0.2) is 4.79 Å². The predicted octanol–water partition coefficient (Wildman–Crippen LogP) is 2.50. The molecule has 2 saturated heterocycles. The van der Waals surface area contributed by atoms with Crippen molar-refractivity contribution in [2.75, 3.05) is 13.2 Å². The van der Waals surface area contributed by atoms with E-state index >= 15 is 0 Å². The van der Waals surface area contributed by atoms with E-state index in [1.165, 1.54) is 27.7 Å². The Bertz CT molecular complexity index is 1240. The van der Waals surface area contributed by atoms with Crippen molar-refractivity contribution < 1.29 is 57.4 Å². The van der Waals surface area contributed by atoms with Gasteiger partial charge in [0.15, 0.2) is 11.7 Å². The van der Waals surface area contributed by atoms with Gasteiger partial charge in [0.1, 0.15) is 12.7 Å². The first-order chi connectivity index (χ1) is 20.1. The third kappa shape index (κ3) is 4.67. The van der Waals surface area contributed by atoms with Gasteiger partial charge >= 0.3 is 23.9 Å². The molecule has 1 spiro atoms. The summed E-state index contributed by atoms with van der Waals surface area (Å²) >= 11 is 0. The van der Waals surface area contributed by atoms with E-state index in [9.17, 15) is 24.3 Å². The number of aliphatic hydroxyl groups excluding tert-OH is 1. The summed E-state index contributed by atoms with van der Waals surface area (Å²) in [5, 5.41) is 11.8. The standard InChI is InChI=1S/C31H42O12/c1-8-28(6,43-19(5)34)27(36)42-25-21(35)13-22-29(7,23-12-20-9-10-37-26(20)41-23)16(2)11-24(40-18(4)33)30(22)14-39-31(25,30)15-38-17(3)32/h9-11,20-26,35H,8,12-15H2,1-7H3/t20-,21?,22+,23?,24?,25?,26?,28?,29-,30-,31-/m1/s1. The number of esters is 4. The van der Waals surface area contributed by atoms with Gasteiger partial charge in [-0.1, -0.05) is 19.4 Å². The Morgan fingerprint density at radius 2 is 1.81 bits per heavy atom. The lowest BCUT2D eigenvalue weighted by Crippen LogP contribution is -2.84. The second kappa shape index (κ2) is 10.9. The number of hydrogen-bond donors (Lipinski definition) is 1. The zero-order chi connectivity index (χ0) is 31.5. The third-order valence-corrected chi connectivity index (χ3v) is 10.6. The SMILES string of the molecule is CCC(C)(OC(C)=O)C(=O)OC1C(O)C[C@H]2[C@](C)(C3C[C@H]4C=COC4O3)C(C)=CC(OC(C)=O)[C@@]23CO[C@]13COC(C)=O. The fraction of sp³-hybridized carbons (Fsp3) is 0.742. The summed E-state index contributed by atoms with van der Waals surface area (Å²) in [5.74, 6) is -3.05. The molecule has 0 amide bonds. The highest BCUT2D eigenvalue weighted by Gasteiger charge is 2.81. The quantitative estimate of drug-likeness (QED) is 0.245. The van der Waals surface area contributed by atoms with E-state index in [4.69, 9.17) is 33.2 Å². The molecule has 0 radical (unpaired) electrons. The summed E-state index contributed by atoms with van der Waals surface area (Å²) in [5.41, 5.74) is -4.13. The van der Waals surface area contributed by atoms with Crippen LogP contribution in [0.3, 0.4) is 0 Å². The van der Waals surface area contributed by atoms with Crippen LogP contribution >= 0.6 is 0 Å². The minimum absolute atomic E-state index is 0.0652. The molecule has 2 aliphatic carbocycles. The van der Waals surface area contributed by atoms with Crippen LogP contribution in [0.15, 0.2) is 24.0 Å². The molecule has 0 aromatic heterocycles. The van der Waals surface area contributed by atoms with Gasteiger partial charge in [-0.3, -0.25) is 14.4 Å². The van der Waals surface area contributed by atoms with E-state index in [1.54, 1.807) is 13.2 Å². The zero-order valence-corrected chi connectivity index (χ0v) is 25.7. The maximum Gasteiger partial charge on any atom is 0.350 e. The number of aliphatic hydroxyl groups is 1. The molecule has 3 aliphatic heterocycles. The van der Waals surface area contributed by atoms with Crippen molar-refractivity contribution in [3.63, 3.8) is 0 Å². The number of hydrogen-bond acceptors (Lipinski definition) is 12. The second-order valence-electron chi connectivity index (χ2n) is 12.9. The van der Waals surface area contributed by atoms with E-state index in [1.807, 2.05) is 19.1 Å². The highest BCUT2D eigenvalue weighted by molar-refractivity contribution is 5.82. The largest absolute Gasteiger partial charge is 0.472 e. The van der Waals surface area contributed by atoms with Gasteiger partial charge in [0.25, 0.3) is 0 Å². The lowest BCUT2D eigenvalue weighted by Gasteiger charge is -2.72. The fourth-order valence-electron chi connectivity index (χ4n) is 8.03. The lowest BCUT2D eigenvalue weighted by atomic mass is 9.41. The molecule has 3 fully saturated rings. The molecule has 6 unspecified atom stereocenters. The molecule has 0 bridgehead atoms. The molecule has 1 N–H and O–H groups in total. The van der Waals surface area contributed by atoms with Crippen LogP contribution in [-0.2, 0) is 52.3 Å². The van der Waals surface area contributed by atoms with E-state index in [2.05, 4.69) is 6.92 Å². The highest BCUT2D eigenvalue weighted by Crippen LogP contribution is 2.70. The summed E-state index contributed by atoms with van der Waals surface area (Å²) in [4.78, 5) is 50.1. The Kier molecular flexibility index (Phi) is 7.97. The number of carbonyl (C=O) groups excluding carboxylic acids is 4. The first kappa shape index (κ1) is 31.5. The van der Waals surface area contributed by atoms with Gasteiger partial charge in [-0.2, -0.15) is 0 Å². The van der Waals surface area contributed by atoms with Crippen LogP contribution < -0.4 is 0 Å². The normalized spacial score (nSPS) is 42.0. The number of ether oxygens (including phenoxy) is 7. The van der Waals surface area contributed by atoms with Crippen LogP contribution in [0.4, 0.5) is 0 Å². The van der Waals surface area contributed by atoms with Crippen LogP contribution in [0.25, 0.3) is 0 Å². The summed E-state index contributed by atoms with van der Waals surface area (Å²) in [6.07, 6.45) is 2.16. The smallest absolute Gasteiger partial charge is 0.350 e. The van der Waals surface area contributed by atoms with Crippen molar-refractivity contribution in [1.29, 1.82) is 0 Å². The monoisotopic (exact) mass is 606 g/mol. The molecule has 12 nitrogen and oxygen atoms in total. The number of carbonyl (C=O) groups is 4. The van der Waals surface area contributed by atoms with E-state index in [0.717, 1.165) is 5.57 Å². The molecule has 11 atom stereocenters. The minimum atomic E-state index is -1.64. The van der Waals surface area contributed by atoms with Crippen LogP contribution in [0.5, 0.6) is 0 Å². The van der Waals surface area contributed by atoms with Gasteiger partial charge in [-0.15, -0.1) is 0 Å². The van der Waals surface area contributed by atoms with Crippen molar-refractivity contribution in [3.8, 4) is 0 Å². The third-order valence-electron chi connectivity index (χ3n) is 10.6. The molecular weight excluding hydrogens is 564 g/mol. The zero-order valence-electron chi connectivity index (χ0n) is 25.7. The summed E-state index contributed by atoms with van der Waals surface area (Å²) in [7, 11) is 0. The first-order valence-corrected chi connectivity index (χ1v) is 14.8. The Hall–Kier alpha value is -2.96. The van der Waals surface area contributed by atoms with Gasteiger partial charge in [0, 0.05) is 32.1 Å². The molecule has 238 valence electrons. The van der Waals surface area contributed by atoms with Crippen LogP contribution in [0.2, 0.25) is 0 Å². The lowest BCUT2D eigenvalue weighted by molar-refractivity contribution is -0.399. The van der Waals surface area contributed by atoms with Crippen LogP contribution in [0, 0.1) is 22.7 Å². The van der Waals surface area contributed by atoms with Crippen molar-refractivity contribution in [2.24, 2.45) is 22.7 Å². The molecule has 1 saturated carbocycles. The van der Waals surface area contributed by atoms with E-state index in [-0.39, 0.29) is 38.1 Å². The molecule has 3 heterocycles. The molecule has 43 heavy (non-hydrogen) atoms. The van der Waals surface area contributed by atoms with Crippen molar-refractivity contribution in [3.05, 3.63) is 24.0 Å². The van der Waals surface area contributed by atoms with Crippen LogP contribution in [0.1, 0.15) is 67.7 Å². The average molecular weight is 607 g/mol. The molecular formula is C31H42O12. The summed E-state index contributed by atoms with van der Waals surface area (Å²) in [6, 6.07) is 0. The van der Waals surface area contributed by atoms with E-state index < -0.39 is 76.4 Å². The van der Waals surface area contributed by atoms with Crippen molar-refractivity contribution in [2.45, 2.75) is 110 Å². The van der Waals surface area contributed by atoms with Crippen LogP contribution in [-0.4, -0.2) is 84.1 Å². The predicted molar refractivity (Wildman–Crippen MR) is 147 cm³/mol. The number of fused-ring (bicyclic) bond motifs is 1. The van der Waals surface area contributed by atoms with Gasteiger partial charge in [0.2, 0.25) is 11.9 Å². The second-order valence-corrected chi connectivity index (χ2v) is 12.9. The minimum Gasteiger partial charge on any atom is -0.472 e. The molecule has 5 rings (SSSR count). The Morgan fingerprint density at radius 3 is 2.37 bits per heavy atom. The van der Waals surface area contributed by atoms with E-state index in [0.29, 0.717) is 6.42 Å². The molecule has 12 heteroatoms. The fourth-order valence-corrected chi connectivity index (χ4v) is 8.03. The van der Waals surface area contributed by atoms with Crippen molar-refractivity contribution in [1.82, 2.24) is 0 Å². The van der Waals surface area contributed by atoms with Gasteiger partial charge in [-0.05, 0) is 51.2 Å². The molecule has 0 aromatic rings. The van der Waals surface area contributed by atoms with Gasteiger partial charge in [0.05, 0.1) is 30.5 Å². The van der Waals surface area contributed by atoms with Gasteiger partial charge < -0.3 is 38.3 Å². The molecule has 0 aromatic carbocycles. The maximum absolute atomic E-state index is 13.6. The Balaban J connectivity index is 1.62. The first-order valence-electron chi connectivity index (χ1n) is 14.8. The molecule has 5 aliphatic rings. The topological polar surface area (TPSA) is 153 Å².